The quantitative estimate of drug-likeness (QED) is 0.0452. The van der Waals surface area contributed by atoms with Crippen LogP contribution in [0.5, 0.6) is 11.5 Å². The molecule has 3 aromatic carbocycles. The minimum Gasteiger partial charge on any atom is -0.508 e. The third-order valence-electron chi connectivity index (χ3n) is 8.09. The van der Waals surface area contributed by atoms with Gasteiger partial charge in [-0.25, -0.2) is 0 Å². The number of amides is 4. The van der Waals surface area contributed by atoms with Gasteiger partial charge in [0.25, 0.3) is 11.8 Å². The summed E-state index contributed by atoms with van der Waals surface area (Å²) in [7, 11) is 0. The summed E-state index contributed by atoms with van der Waals surface area (Å²) in [4.78, 5) is 85.7. The number of aromatic hydroxyl groups is 1. The van der Waals surface area contributed by atoms with Crippen LogP contribution in [0.3, 0.4) is 0 Å². The average molecular weight is 715 g/mol. The largest absolute Gasteiger partial charge is 0.508 e. The van der Waals surface area contributed by atoms with E-state index in [0.29, 0.717) is 23.9 Å². The van der Waals surface area contributed by atoms with Crippen molar-refractivity contribution in [3.05, 3.63) is 98.1 Å². The standard InChI is InChI=1S/C34H38N10O8/c35-23-15-39-29(47)22-14-19(40-28(46)18-5-9-24-25(13-18)43-33(51)32(50)42-24)6-10-27(22)52-16-20(2-1-11-38-34(36)37)41-31(49)26(44-30(23)48)12-17-3-7-21(45)8-4-17/h3-10,13-14,20,23,26,45H,1-2,11-12,15-16,35H2,(H,39,47)(H,40,46)(H,41,49)(H,42,50)(H,43,51)(H,44,48)(H4,36,37,38)/t20-,23-,26-/m0/s1. The van der Waals surface area contributed by atoms with E-state index in [1.54, 1.807) is 12.1 Å². The lowest BCUT2D eigenvalue weighted by Gasteiger charge is -2.26. The Labute approximate surface area is 295 Å². The molecule has 4 amide bonds. The van der Waals surface area contributed by atoms with Gasteiger partial charge in [0.05, 0.1) is 22.6 Å². The molecule has 18 heteroatoms. The minimum absolute atomic E-state index is 0.00123. The predicted molar refractivity (Wildman–Crippen MR) is 191 cm³/mol. The Morgan fingerprint density at radius 1 is 0.904 bits per heavy atom. The lowest BCUT2D eigenvalue weighted by Crippen LogP contribution is -2.56. The number of guanidine groups is 1. The number of aromatic amines is 2. The predicted octanol–water partition coefficient (Wildman–Crippen LogP) is -1.11. The fourth-order valence-corrected chi connectivity index (χ4v) is 5.35. The summed E-state index contributed by atoms with van der Waals surface area (Å²) >= 11 is 0. The first-order valence-electron chi connectivity index (χ1n) is 16.2. The Balaban J connectivity index is 1.40. The second-order valence-corrected chi connectivity index (χ2v) is 12.0. The summed E-state index contributed by atoms with van der Waals surface area (Å²) in [6.07, 6.45) is 0.873. The van der Waals surface area contributed by atoms with Crippen LogP contribution in [0.4, 0.5) is 5.69 Å². The summed E-state index contributed by atoms with van der Waals surface area (Å²) in [5.74, 6) is -2.40. The van der Waals surface area contributed by atoms with Crippen molar-refractivity contribution in [2.45, 2.75) is 37.4 Å². The van der Waals surface area contributed by atoms with Crippen LogP contribution in [0.25, 0.3) is 11.0 Å². The van der Waals surface area contributed by atoms with Gasteiger partial charge in [-0.2, -0.15) is 0 Å². The monoisotopic (exact) mass is 714 g/mol. The summed E-state index contributed by atoms with van der Waals surface area (Å²) in [6.45, 7) is -0.139. The molecule has 4 aromatic rings. The number of aromatic nitrogens is 2. The minimum atomic E-state index is -1.25. The molecule has 3 atom stereocenters. The SMILES string of the molecule is NC(N)=NCCC[C@H]1COc2ccc(NC(=O)c3ccc4[nH]c(=O)c(=O)[nH]c4c3)cc2C(=O)NC[C@H](N)C(=O)N[C@@H](Cc2ccc(O)cc2)C(=O)N1. The number of hydrogen-bond acceptors (Lipinski definition) is 10. The van der Waals surface area contributed by atoms with Crippen molar-refractivity contribution in [2.24, 2.45) is 22.2 Å². The molecular formula is C34H38N10O8. The van der Waals surface area contributed by atoms with Gasteiger partial charge in [0, 0.05) is 30.8 Å². The van der Waals surface area contributed by atoms with Gasteiger partial charge < -0.3 is 58.3 Å². The van der Waals surface area contributed by atoms with E-state index in [1.165, 1.54) is 48.5 Å². The number of anilines is 1. The van der Waals surface area contributed by atoms with Gasteiger partial charge in [-0.15, -0.1) is 0 Å². The van der Waals surface area contributed by atoms with Gasteiger partial charge in [-0.05, 0) is 66.9 Å². The third kappa shape index (κ3) is 9.51. The molecule has 0 unspecified atom stereocenters. The van der Waals surface area contributed by atoms with Crippen molar-refractivity contribution in [1.29, 1.82) is 0 Å². The highest BCUT2D eigenvalue weighted by molar-refractivity contribution is 6.07. The fraction of sp³-hybridized carbons (Fsp3) is 0.265. The Morgan fingerprint density at radius 3 is 2.37 bits per heavy atom. The second-order valence-electron chi connectivity index (χ2n) is 12.0. The van der Waals surface area contributed by atoms with E-state index in [9.17, 15) is 33.9 Å². The van der Waals surface area contributed by atoms with Gasteiger partial charge in [-0.1, -0.05) is 12.1 Å². The molecular weight excluding hydrogens is 676 g/mol. The highest BCUT2D eigenvalue weighted by Crippen LogP contribution is 2.25. The van der Waals surface area contributed by atoms with Crippen LogP contribution in [0.2, 0.25) is 0 Å². The highest BCUT2D eigenvalue weighted by atomic mass is 16.5. The van der Waals surface area contributed by atoms with E-state index in [-0.39, 0.29) is 65.9 Å². The van der Waals surface area contributed by atoms with Crippen molar-refractivity contribution in [3.63, 3.8) is 0 Å². The van der Waals surface area contributed by atoms with Crippen LogP contribution >= 0.6 is 0 Å². The van der Waals surface area contributed by atoms with Crippen molar-refractivity contribution < 1.29 is 29.0 Å². The summed E-state index contributed by atoms with van der Waals surface area (Å²) in [6, 6.07) is 11.9. The van der Waals surface area contributed by atoms with Gasteiger partial charge in [0.15, 0.2) is 5.96 Å². The Hall–Kier alpha value is -6.69. The number of carbonyl (C=O) groups is 4. The number of phenols is 1. The number of H-pyrrole nitrogens is 2. The molecule has 0 saturated carbocycles. The lowest BCUT2D eigenvalue weighted by atomic mass is 10.0. The molecule has 13 N–H and O–H groups in total. The normalized spacial score (nSPS) is 18.1. The molecule has 0 radical (unpaired) electrons. The van der Waals surface area contributed by atoms with E-state index in [2.05, 4.69) is 36.2 Å². The smallest absolute Gasteiger partial charge is 0.314 e. The molecule has 52 heavy (non-hydrogen) atoms. The van der Waals surface area contributed by atoms with E-state index in [1.807, 2.05) is 0 Å². The van der Waals surface area contributed by atoms with E-state index < -0.39 is 52.9 Å². The summed E-state index contributed by atoms with van der Waals surface area (Å²) in [5.41, 5.74) is 16.9. The molecule has 1 aromatic heterocycles. The van der Waals surface area contributed by atoms with Gasteiger partial charge in [-0.3, -0.25) is 33.8 Å². The lowest BCUT2D eigenvalue weighted by molar-refractivity contribution is -0.130. The number of rotatable bonds is 8. The Kier molecular flexibility index (Phi) is 11.5. The molecule has 5 rings (SSSR count). The number of hydrogen-bond donors (Lipinski definition) is 10. The van der Waals surface area contributed by atoms with Gasteiger partial charge >= 0.3 is 11.1 Å². The van der Waals surface area contributed by atoms with E-state index in [0.717, 1.165) is 0 Å². The van der Waals surface area contributed by atoms with Crippen LogP contribution < -0.4 is 54.3 Å². The molecule has 1 aliphatic rings. The molecule has 0 spiro atoms. The van der Waals surface area contributed by atoms with Crippen LogP contribution in [-0.4, -0.2) is 82.5 Å². The number of nitrogens with two attached hydrogens (primary N) is 3. The van der Waals surface area contributed by atoms with Gasteiger partial charge in [0.1, 0.15) is 30.2 Å². The number of nitrogens with zero attached hydrogens (tertiary/aromatic N) is 1. The molecule has 0 saturated heterocycles. The number of benzene rings is 3. The second kappa shape index (κ2) is 16.3. The zero-order chi connectivity index (χ0) is 37.4. The summed E-state index contributed by atoms with van der Waals surface area (Å²) < 4.78 is 6.09. The Bertz CT molecular complexity index is 2130. The van der Waals surface area contributed by atoms with Crippen LogP contribution in [0.1, 0.15) is 39.1 Å². The van der Waals surface area contributed by atoms with Crippen LogP contribution in [0, 0.1) is 0 Å². The number of phenolic OH excluding ortho intramolecular Hbond substituents is 1. The van der Waals surface area contributed by atoms with Crippen molar-refractivity contribution >= 4 is 46.3 Å². The topological polar surface area (TPSA) is 302 Å². The van der Waals surface area contributed by atoms with Crippen LogP contribution in [-0.2, 0) is 16.0 Å². The number of carbonyl (C=O) groups excluding carboxylic acids is 4. The van der Waals surface area contributed by atoms with Crippen molar-refractivity contribution in [1.82, 2.24) is 25.9 Å². The van der Waals surface area contributed by atoms with E-state index >= 15 is 0 Å². The third-order valence-corrected chi connectivity index (χ3v) is 8.09. The fourth-order valence-electron chi connectivity index (χ4n) is 5.35. The molecule has 2 heterocycles. The van der Waals surface area contributed by atoms with Crippen molar-refractivity contribution in [3.8, 4) is 11.5 Å². The maximum Gasteiger partial charge on any atom is 0.314 e. The van der Waals surface area contributed by atoms with Crippen LogP contribution in [0.15, 0.2) is 75.2 Å². The molecule has 0 bridgehead atoms. The first-order valence-corrected chi connectivity index (χ1v) is 16.2. The first kappa shape index (κ1) is 36.6. The first-order chi connectivity index (χ1) is 24.9. The number of nitrogens with one attached hydrogen (secondary N) is 6. The molecule has 272 valence electrons. The molecule has 18 nitrogen and oxygen atoms in total. The highest BCUT2D eigenvalue weighted by Gasteiger charge is 2.28. The number of fused-ring (bicyclic) bond motifs is 2. The average Bonchev–Trinajstić information content (AvgIpc) is 3.11. The number of ether oxygens (including phenoxy) is 1. The van der Waals surface area contributed by atoms with Gasteiger partial charge in [0.2, 0.25) is 11.8 Å². The van der Waals surface area contributed by atoms with E-state index in [4.69, 9.17) is 21.9 Å². The zero-order valence-corrected chi connectivity index (χ0v) is 27.7. The zero-order valence-electron chi connectivity index (χ0n) is 27.7. The van der Waals surface area contributed by atoms with Crippen molar-refractivity contribution in [2.75, 3.05) is 25.0 Å². The number of aliphatic imine (C=N–C) groups is 1. The maximum atomic E-state index is 13.6. The maximum absolute atomic E-state index is 13.6. The molecule has 0 fully saturated rings. The molecule has 1 aliphatic heterocycles. The summed E-state index contributed by atoms with van der Waals surface area (Å²) in [5, 5.41) is 20.6. The Morgan fingerprint density at radius 2 is 1.63 bits per heavy atom. The molecule has 0 aliphatic carbocycles.